The summed E-state index contributed by atoms with van der Waals surface area (Å²) in [6.45, 7) is 1.86. The number of aryl methyl sites for hydroxylation is 2. The van der Waals surface area contributed by atoms with Crippen molar-refractivity contribution in [1.29, 1.82) is 5.26 Å². The molecule has 0 unspecified atom stereocenters. The zero-order valence-corrected chi connectivity index (χ0v) is 18.0. The molecule has 0 spiro atoms. The van der Waals surface area contributed by atoms with Crippen molar-refractivity contribution in [3.8, 4) is 6.07 Å². The average Bonchev–Trinajstić information content (AvgIpc) is 3.33. The lowest BCUT2D eigenvalue weighted by atomic mass is 10.00. The Morgan fingerprint density at radius 1 is 1.41 bits per heavy atom. The van der Waals surface area contributed by atoms with Crippen LogP contribution in [-0.2, 0) is 34.9 Å². The van der Waals surface area contributed by atoms with Crippen molar-refractivity contribution in [2.24, 2.45) is 7.05 Å². The maximum absolute atomic E-state index is 13.1. The number of likely N-dealkylation sites (N-methyl/N-ethyl adjacent to an activating group) is 1. The van der Waals surface area contributed by atoms with Crippen LogP contribution in [0.3, 0.4) is 0 Å². The third-order valence-electron chi connectivity index (χ3n) is 5.79. The normalized spacial score (nSPS) is 23.5. The van der Waals surface area contributed by atoms with Crippen molar-refractivity contribution < 1.29 is 13.2 Å². The first-order valence-corrected chi connectivity index (χ1v) is 11.6. The minimum absolute atomic E-state index is 0.265. The molecule has 2 atom stereocenters. The number of fused-ring (bicyclic) bond motifs is 1. The van der Waals surface area contributed by atoms with Crippen molar-refractivity contribution in [2.75, 3.05) is 12.4 Å². The quantitative estimate of drug-likeness (QED) is 0.756. The number of thiophene rings is 1. The minimum Gasteiger partial charge on any atom is -0.315 e. The van der Waals surface area contributed by atoms with E-state index in [1.165, 1.54) is 18.4 Å². The van der Waals surface area contributed by atoms with Gasteiger partial charge in [-0.3, -0.25) is 9.48 Å². The van der Waals surface area contributed by atoms with Crippen LogP contribution < -0.4 is 10.0 Å². The van der Waals surface area contributed by atoms with Gasteiger partial charge in [0.05, 0.1) is 17.8 Å². The van der Waals surface area contributed by atoms with E-state index >= 15 is 0 Å². The fourth-order valence-electron chi connectivity index (χ4n) is 3.98. The Labute approximate surface area is 173 Å². The molecular weight excluding hydrogens is 412 g/mol. The van der Waals surface area contributed by atoms with Gasteiger partial charge in [-0.25, -0.2) is 0 Å². The summed E-state index contributed by atoms with van der Waals surface area (Å²) in [5.41, 5.74) is 3.11. The van der Waals surface area contributed by atoms with E-state index in [1.54, 1.807) is 17.9 Å². The second kappa shape index (κ2) is 7.21. The van der Waals surface area contributed by atoms with Gasteiger partial charge in [0.2, 0.25) is 5.91 Å². The lowest BCUT2D eigenvalue weighted by Gasteiger charge is -2.36. The summed E-state index contributed by atoms with van der Waals surface area (Å²) in [6.07, 6.45) is 4.66. The van der Waals surface area contributed by atoms with Gasteiger partial charge in [0.1, 0.15) is 17.1 Å². The number of anilines is 1. The second-order valence-corrected chi connectivity index (χ2v) is 10.3. The molecule has 0 radical (unpaired) electrons. The highest BCUT2D eigenvalue weighted by Gasteiger charge is 2.42. The highest BCUT2D eigenvalue weighted by atomic mass is 32.2. The average molecular weight is 435 g/mol. The van der Waals surface area contributed by atoms with E-state index in [0.29, 0.717) is 10.6 Å². The molecule has 1 amide bonds. The summed E-state index contributed by atoms with van der Waals surface area (Å²) < 4.78 is 30.6. The van der Waals surface area contributed by atoms with Gasteiger partial charge in [-0.15, -0.1) is 11.3 Å². The monoisotopic (exact) mass is 434 g/mol. The van der Waals surface area contributed by atoms with Crippen LogP contribution in [0.4, 0.5) is 5.00 Å². The van der Waals surface area contributed by atoms with E-state index in [4.69, 9.17) is 0 Å². The van der Waals surface area contributed by atoms with E-state index in [1.807, 2.05) is 6.92 Å². The lowest BCUT2D eigenvalue weighted by Crippen LogP contribution is -2.56. The lowest BCUT2D eigenvalue weighted by molar-refractivity contribution is -0.120. The highest BCUT2D eigenvalue weighted by Crippen LogP contribution is 2.39. The van der Waals surface area contributed by atoms with Crippen LogP contribution >= 0.6 is 11.3 Å². The fourth-order valence-corrected chi connectivity index (χ4v) is 6.48. The molecule has 1 saturated heterocycles. The summed E-state index contributed by atoms with van der Waals surface area (Å²) in [5, 5.41) is 17.1. The number of nitrogens with zero attached hydrogens (tertiary/aromatic N) is 4. The van der Waals surface area contributed by atoms with Crippen molar-refractivity contribution in [3.63, 3.8) is 0 Å². The van der Waals surface area contributed by atoms with E-state index in [-0.39, 0.29) is 6.42 Å². The Morgan fingerprint density at radius 2 is 2.17 bits per heavy atom. The Balaban J connectivity index is 1.62. The molecule has 154 valence electrons. The van der Waals surface area contributed by atoms with Crippen LogP contribution in [0.2, 0.25) is 0 Å². The van der Waals surface area contributed by atoms with Crippen molar-refractivity contribution in [1.82, 2.24) is 18.8 Å². The predicted octanol–water partition coefficient (Wildman–Crippen LogP) is 1.37. The molecule has 0 saturated carbocycles. The zero-order valence-electron chi connectivity index (χ0n) is 16.4. The van der Waals surface area contributed by atoms with E-state index in [0.717, 1.165) is 45.3 Å². The first-order chi connectivity index (χ1) is 13.7. The van der Waals surface area contributed by atoms with Crippen LogP contribution in [0.15, 0.2) is 6.20 Å². The number of carbonyl (C=O) groups excluding carboxylic acids is 1. The van der Waals surface area contributed by atoms with E-state index < -0.39 is 28.2 Å². The van der Waals surface area contributed by atoms with Crippen molar-refractivity contribution in [2.45, 2.75) is 44.7 Å². The summed E-state index contributed by atoms with van der Waals surface area (Å²) >= 11 is 1.42. The molecule has 2 aliphatic rings. The van der Waals surface area contributed by atoms with E-state index in [2.05, 4.69) is 21.2 Å². The molecule has 2 aromatic rings. The molecule has 1 aliphatic carbocycles. The summed E-state index contributed by atoms with van der Waals surface area (Å²) in [6, 6.07) is 0.751. The highest BCUT2D eigenvalue weighted by molar-refractivity contribution is 7.87. The Bertz CT molecular complexity index is 1130. The minimum atomic E-state index is -3.84. The van der Waals surface area contributed by atoms with Crippen molar-refractivity contribution in [3.05, 3.63) is 33.5 Å². The molecule has 4 rings (SSSR count). The van der Waals surface area contributed by atoms with Crippen LogP contribution in [0, 0.1) is 18.3 Å². The molecule has 1 fully saturated rings. The smallest absolute Gasteiger partial charge is 0.280 e. The number of carbonyl (C=O) groups is 1. The Hall–Kier alpha value is -2.26. The molecule has 0 aromatic carbocycles. The molecule has 11 heteroatoms. The summed E-state index contributed by atoms with van der Waals surface area (Å²) in [4.78, 5) is 14.2. The molecule has 1 aliphatic heterocycles. The van der Waals surface area contributed by atoms with Crippen LogP contribution in [0.5, 0.6) is 0 Å². The summed E-state index contributed by atoms with van der Waals surface area (Å²) in [5.74, 6) is -0.430. The van der Waals surface area contributed by atoms with Gasteiger partial charge in [0.25, 0.3) is 10.2 Å². The fraction of sp³-hybridized carbons (Fsp3) is 0.500. The Morgan fingerprint density at radius 3 is 2.83 bits per heavy atom. The molecule has 0 bridgehead atoms. The van der Waals surface area contributed by atoms with Crippen LogP contribution in [0.1, 0.15) is 46.1 Å². The van der Waals surface area contributed by atoms with Gasteiger partial charge in [-0.1, -0.05) is 0 Å². The first-order valence-electron chi connectivity index (χ1n) is 9.32. The third kappa shape index (κ3) is 3.36. The number of rotatable bonds is 3. The van der Waals surface area contributed by atoms with E-state index in [9.17, 15) is 18.5 Å². The molecular formula is C18H22N6O3S2. The van der Waals surface area contributed by atoms with Gasteiger partial charge >= 0.3 is 0 Å². The predicted molar refractivity (Wildman–Crippen MR) is 109 cm³/mol. The molecule has 3 heterocycles. The van der Waals surface area contributed by atoms with Crippen LogP contribution in [0.25, 0.3) is 0 Å². The first kappa shape index (κ1) is 20.0. The maximum atomic E-state index is 13.1. The third-order valence-corrected chi connectivity index (χ3v) is 8.59. The number of amides is 1. The van der Waals surface area contributed by atoms with Gasteiger partial charge in [-0.2, -0.15) is 27.8 Å². The molecule has 29 heavy (non-hydrogen) atoms. The summed E-state index contributed by atoms with van der Waals surface area (Å²) in [7, 11) is -0.670. The number of aromatic nitrogens is 2. The van der Waals surface area contributed by atoms with Gasteiger partial charge < -0.3 is 5.32 Å². The van der Waals surface area contributed by atoms with Crippen LogP contribution in [-0.4, -0.2) is 41.5 Å². The zero-order chi connectivity index (χ0) is 20.9. The Kier molecular flexibility index (Phi) is 4.98. The van der Waals surface area contributed by atoms with Gasteiger partial charge in [0, 0.05) is 30.2 Å². The number of hydrogen-bond donors (Lipinski definition) is 2. The standard InChI is InChI=1S/C18H22N6O3S2/c1-10-13(9-20-23(10)2)14-7-15(24(3)29(26,27)22-14)17(25)21-18-12(8-19)11-5-4-6-16(11)28-18/h9,14-15,22H,4-7H2,1-3H3,(H,21,25)/t14-,15-/m0/s1. The van der Waals surface area contributed by atoms with Crippen molar-refractivity contribution >= 4 is 32.5 Å². The second-order valence-electron chi connectivity index (χ2n) is 7.41. The molecule has 2 aromatic heterocycles. The SMILES string of the molecule is Cc1c([C@@H]2C[C@@H](C(=O)Nc3sc4c(c3C#N)CCC4)N(C)S(=O)(=O)N2)cnn1C. The van der Waals surface area contributed by atoms with Gasteiger partial charge in [0.15, 0.2) is 0 Å². The molecule has 2 N–H and O–H groups in total. The largest absolute Gasteiger partial charge is 0.315 e. The molecule has 9 nitrogen and oxygen atoms in total. The number of nitrogens with one attached hydrogen (secondary N) is 2. The number of nitriles is 1. The number of hydrogen-bond acceptors (Lipinski definition) is 6. The van der Waals surface area contributed by atoms with Gasteiger partial charge in [-0.05, 0) is 38.2 Å². The maximum Gasteiger partial charge on any atom is 0.280 e. The topological polar surface area (TPSA) is 120 Å².